The summed E-state index contributed by atoms with van der Waals surface area (Å²) in [5.74, 6) is 0.545. The number of nitrogens with one attached hydrogen (secondary N) is 1. The van der Waals surface area contributed by atoms with Gasteiger partial charge in [-0.3, -0.25) is 4.79 Å². The fraction of sp³-hybridized carbons (Fsp3) is 0.467. The van der Waals surface area contributed by atoms with E-state index in [1.165, 1.54) is 17.7 Å². The van der Waals surface area contributed by atoms with E-state index in [1.807, 2.05) is 6.92 Å². The molecule has 1 aliphatic rings. The van der Waals surface area contributed by atoms with E-state index in [0.717, 1.165) is 23.7 Å². The molecule has 0 spiro atoms. The molecule has 3 aromatic heterocycles. The maximum absolute atomic E-state index is 12.4. The smallest absolute Gasteiger partial charge is 0.274 e. The van der Waals surface area contributed by atoms with Crippen LogP contribution in [0.5, 0.6) is 0 Å². The molecule has 0 radical (unpaired) electrons. The van der Waals surface area contributed by atoms with Gasteiger partial charge in [0.15, 0.2) is 11.5 Å². The lowest BCUT2D eigenvalue weighted by atomic mass is 10.0. The van der Waals surface area contributed by atoms with E-state index in [-0.39, 0.29) is 18.1 Å². The maximum atomic E-state index is 12.4. The van der Waals surface area contributed by atoms with Gasteiger partial charge < -0.3 is 9.84 Å². The number of rotatable bonds is 4. The van der Waals surface area contributed by atoms with Crippen LogP contribution in [-0.2, 0) is 19.4 Å². The Kier molecular flexibility index (Phi) is 4.04. The molecule has 0 fully saturated rings. The van der Waals surface area contributed by atoms with Crippen LogP contribution in [0.1, 0.15) is 51.3 Å². The molecule has 1 amide bonds. The molecule has 3 aromatic rings. The standard InChI is InChI=1S/C15H17N7O2S/c1-8-13(14(23)16-7-12-17-9(2)20-24-12)19-21-22(8)15-18-10-5-3-4-6-11(10)25-15/h3-7H2,1-2H3,(H,16,23). The van der Waals surface area contributed by atoms with Crippen LogP contribution in [0.15, 0.2) is 4.52 Å². The SMILES string of the molecule is Cc1noc(CNC(=O)c2nnn(-c3nc4c(s3)CCCC4)c2C)n1. The highest BCUT2D eigenvalue weighted by Crippen LogP contribution is 2.29. The van der Waals surface area contributed by atoms with Crippen molar-refractivity contribution in [3.05, 3.63) is 33.7 Å². The van der Waals surface area contributed by atoms with Crippen molar-refractivity contribution in [3.8, 4) is 5.13 Å². The Morgan fingerprint density at radius 3 is 2.88 bits per heavy atom. The summed E-state index contributed by atoms with van der Waals surface area (Å²) in [5.41, 5.74) is 2.08. The number of amides is 1. The van der Waals surface area contributed by atoms with Crippen LogP contribution in [0.4, 0.5) is 0 Å². The Morgan fingerprint density at radius 1 is 1.28 bits per heavy atom. The normalized spacial score (nSPS) is 13.7. The third-order valence-corrected chi connectivity index (χ3v) is 5.23. The summed E-state index contributed by atoms with van der Waals surface area (Å²) in [4.78, 5) is 22.4. The van der Waals surface area contributed by atoms with Crippen LogP contribution >= 0.6 is 11.3 Å². The Balaban J connectivity index is 1.52. The average Bonchev–Trinajstić information content (AvgIpc) is 3.30. The molecule has 0 aromatic carbocycles. The van der Waals surface area contributed by atoms with Gasteiger partial charge in [0.1, 0.15) is 0 Å². The Morgan fingerprint density at radius 2 is 2.12 bits per heavy atom. The molecule has 0 aliphatic heterocycles. The van der Waals surface area contributed by atoms with Gasteiger partial charge in [-0.15, -0.1) is 5.10 Å². The average molecular weight is 359 g/mol. The van der Waals surface area contributed by atoms with E-state index in [1.54, 1.807) is 22.9 Å². The number of carbonyl (C=O) groups excluding carboxylic acids is 1. The van der Waals surface area contributed by atoms with Crippen molar-refractivity contribution in [2.45, 2.75) is 46.1 Å². The van der Waals surface area contributed by atoms with Crippen LogP contribution in [-0.4, -0.2) is 36.0 Å². The minimum Gasteiger partial charge on any atom is -0.341 e. The second-order valence-electron chi connectivity index (χ2n) is 5.93. The predicted molar refractivity (Wildman–Crippen MR) is 88.6 cm³/mol. The number of hydrogen-bond acceptors (Lipinski definition) is 8. The van der Waals surface area contributed by atoms with Crippen LogP contribution in [0.2, 0.25) is 0 Å². The third-order valence-electron chi connectivity index (χ3n) is 4.10. The first kappa shape index (κ1) is 15.9. The van der Waals surface area contributed by atoms with Gasteiger partial charge in [-0.1, -0.05) is 21.7 Å². The second-order valence-corrected chi connectivity index (χ2v) is 6.99. The molecule has 9 nitrogen and oxygen atoms in total. The van der Waals surface area contributed by atoms with Crippen LogP contribution in [0.25, 0.3) is 5.13 Å². The Labute approximate surface area is 147 Å². The summed E-state index contributed by atoms with van der Waals surface area (Å²) in [6.07, 6.45) is 4.46. The first-order valence-electron chi connectivity index (χ1n) is 8.10. The molecule has 1 aliphatic carbocycles. The van der Waals surface area contributed by atoms with Gasteiger partial charge in [0.05, 0.1) is 17.9 Å². The number of thiazole rings is 1. The van der Waals surface area contributed by atoms with E-state index in [2.05, 4.69) is 30.8 Å². The van der Waals surface area contributed by atoms with E-state index in [9.17, 15) is 4.79 Å². The molecule has 1 N–H and O–H groups in total. The van der Waals surface area contributed by atoms with E-state index < -0.39 is 0 Å². The minimum atomic E-state index is -0.332. The zero-order chi connectivity index (χ0) is 17.4. The fourth-order valence-corrected chi connectivity index (χ4v) is 3.95. The summed E-state index contributed by atoms with van der Waals surface area (Å²) in [6, 6.07) is 0. The molecule has 10 heteroatoms. The van der Waals surface area contributed by atoms with Crippen LogP contribution in [0.3, 0.4) is 0 Å². The van der Waals surface area contributed by atoms with Crippen molar-refractivity contribution in [2.75, 3.05) is 0 Å². The monoisotopic (exact) mass is 359 g/mol. The Bertz CT molecular complexity index is 903. The summed E-state index contributed by atoms with van der Waals surface area (Å²) < 4.78 is 6.61. The third kappa shape index (κ3) is 3.04. The molecular formula is C15H17N7O2S. The van der Waals surface area contributed by atoms with Crippen molar-refractivity contribution in [1.82, 2.24) is 35.4 Å². The van der Waals surface area contributed by atoms with Crippen molar-refractivity contribution in [1.29, 1.82) is 0 Å². The number of aromatic nitrogens is 6. The van der Waals surface area contributed by atoms with Gasteiger partial charge in [0.25, 0.3) is 5.91 Å². The van der Waals surface area contributed by atoms with Gasteiger partial charge >= 0.3 is 0 Å². The number of fused-ring (bicyclic) bond motifs is 1. The fourth-order valence-electron chi connectivity index (χ4n) is 2.80. The molecule has 3 heterocycles. The van der Waals surface area contributed by atoms with E-state index in [4.69, 9.17) is 4.52 Å². The van der Waals surface area contributed by atoms with E-state index >= 15 is 0 Å². The molecule has 0 atom stereocenters. The van der Waals surface area contributed by atoms with Gasteiger partial charge in [0, 0.05) is 4.88 Å². The summed E-state index contributed by atoms with van der Waals surface area (Å²) in [6.45, 7) is 3.68. The molecular weight excluding hydrogens is 342 g/mol. The summed E-state index contributed by atoms with van der Waals surface area (Å²) in [7, 11) is 0. The molecule has 0 saturated heterocycles. The van der Waals surface area contributed by atoms with Gasteiger partial charge in [-0.25, -0.2) is 4.98 Å². The highest BCUT2D eigenvalue weighted by atomic mass is 32.1. The lowest BCUT2D eigenvalue weighted by Crippen LogP contribution is -2.24. The molecule has 0 saturated carbocycles. The van der Waals surface area contributed by atoms with Crippen molar-refractivity contribution >= 4 is 17.2 Å². The number of nitrogens with zero attached hydrogens (tertiary/aromatic N) is 6. The minimum absolute atomic E-state index is 0.150. The first-order valence-corrected chi connectivity index (χ1v) is 8.92. The largest absolute Gasteiger partial charge is 0.341 e. The van der Waals surface area contributed by atoms with Crippen LogP contribution in [0, 0.1) is 13.8 Å². The second kappa shape index (κ2) is 6.36. The lowest BCUT2D eigenvalue weighted by Gasteiger charge is -2.06. The van der Waals surface area contributed by atoms with Crippen molar-refractivity contribution < 1.29 is 9.32 Å². The topological polar surface area (TPSA) is 112 Å². The maximum Gasteiger partial charge on any atom is 0.274 e. The highest BCUT2D eigenvalue weighted by Gasteiger charge is 2.22. The van der Waals surface area contributed by atoms with E-state index in [0.29, 0.717) is 17.4 Å². The molecule has 0 bridgehead atoms. The summed E-state index contributed by atoms with van der Waals surface area (Å²) in [5, 5.41) is 15.3. The molecule has 130 valence electrons. The molecule has 4 rings (SSSR count). The zero-order valence-electron chi connectivity index (χ0n) is 13.9. The highest BCUT2D eigenvalue weighted by molar-refractivity contribution is 7.14. The van der Waals surface area contributed by atoms with Gasteiger partial charge in [0.2, 0.25) is 11.0 Å². The molecule has 25 heavy (non-hydrogen) atoms. The predicted octanol–water partition coefficient (Wildman–Crippen LogP) is 1.53. The number of carbonyl (C=O) groups is 1. The molecule has 0 unspecified atom stereocenters. The quantitative estimate of drug-likeness (QED) is 0.752. The number of hydrogen-bond donors (Lipinski definition) is 1. The van der Waals surface area contributed by atoms with Crippen LogP contribution < -0.4 is 5.32 Å². The number of aryl methyl sites for hydroxylation is 3. The van der Waals surface area contributed by atoms with Gasteiger partial charge in [-0.05, 0) is 39.5 Å². The lowest BCUT2D eigenvalue weighted by molar-refractivity contribution is 0.0940. The van der Waals surface area contributed by atoms with Gasteiger partial charge in [-0.2, -0.15) is 9.67 Å². The first-order chi connectivity index (χ1) is 12.1. The Hall–Kier alpha value is -2.62. The van der Waals surface area contributed by atoms with Crippen molar-refractivity contribution in [2.24, 2.45) is 0 Å². The zero-order valence-corrected chi connectivity index (χ0v) is 14.8. The van der Waals surface area contributed by atoms with Crippen molar-refractivity contribution in [3.63, 3.8) is 0 Å². The summed E-state index contributed by atoms with van der Waals surface area (Å²) >= 11 is 1.63.